The molecule has 3 aromatic rings. The first-order chi connectivity index (χ1) is 16.0. The normalized spacial score (nSPS) is 13.6. The molecule has 3 aromatic carbocycles. The number of anilines is 2. The quantitative estimate of drug-likeness (QED) is 0.476. The molecule has 0 spiro atoms. The van der Waals surface area contributed by atoms with Crippen LogP contribution in [0.25, 0.3) is 0 Å². The minimum atomic E-state index is -0.718. The van der Waals surface area contributed by atoms with Crippen molar-refractivity contribution in [2.45, 2.75) is 0 Å². The molecule has 0 bridgehead atoms. The molecule has 0 atom stereocenters. The lowest BCUT2D eigenvalue weighted by atomic mass is 10.1. The molecule has 33 heavy (non-hydrogen) atoms. The molecular formula is C24H16N2O7. The molecule has 2 heterocycles. The molecule has 164 valence electrons. The molecule has 2 aliphatic heterocycles. The molecule has 2 aliphatic rings. The number of rotatable bonds is 5. The van der Waals surface area contributed by atoms with Crippen LogP contribution in [0.2, 0.25) is 0 Å². The Balaban J connectivity index is 1.19. The number of carbonyl (C=O) groups is 4. The number of nitrogens with one attached hydrogen (secondary N) is 1. The number of nitrogens with zero attached hydrogens (tertiary/aromatic N) is 1. The summed E-state index contributed by atoms with van der Waals surface area (Å²) in [6.45, 7) is -0.371. The second-order valence-electron chi connectivity index (χ2n) is 7.23. The highest BCUT2D eigenvalue weighted by Gasteiger charge is 2.36. The van der Waals surface area contributed by atoms with Gasteiger partial charge < -0.3 is 19.5 Å². The SMILES string of the molecule is O=C(COC(=O)c1ccc(N2C(=O)c3ccccc3C2=O)cc1)Nc1ccc2c(c1)OCO2. The molecule has 0 saturated heterocycles. The van der Waals surface area contributed by atoms with Crippen LogP contribution in [0.3, 0.4) is 0 Å². The average Bonchev–Trinajstić information content (AvgIpc) is 3.40. The fourth-order valence-corrected chi connectivity index (χ4v) is 3.56. The summed E-state index contributed by atoms with van der Waals surface area (Å²) < 4.78 is 15.5. The van der Waals surface area contributed by atoms with Crippen LogP contribution in [0.1, 0.15) is 31.1 Å². The topological polar surface area (TPSA) is 111 Å². The van der Waals surface area contributed by atoms with Crippen LogP contribution >= 0.6 is 0 Å². The minimum absolute atomic E-state index is 0.121. The van der Waals surface area contributed by atoms with E-state index < -0.39 is 30.3 Å². The summed E-state index contributed by atoms with van der Waals surface area (Å²) in [4.78, 5) is 50.6. The van der Waals surface area contributed by atoms with Crippen LogP contribution in [0, 0.1) is 0 Å². The van der Waals surface area contributed by atoms with Gasteiger partial charge in [0.15, 0.2) is 18.1 Å². The van der Waals surface area contributed by atoms with Crippen molar-refractivity contribution >= 4 is 35.1 Å². The van der Waals surface area contributed by atoms with E-state index in [9.17, 15) is 19.2 Å². The van der Waals surface area contributed by atoms with E-state index in [0.29, 0.717) is 34.0 Å². The first kappa shape index (κ1) is 20.3. The van der Waals surface area contributed by atoms with Crippen LogP contribution < -0.4 is 19.7 Å². The number of amides is 3. The molecule has 9 nitrogen and oxygen atoms in total. The van der Waals surface area contributed by atoms with Crippen molar-refractivity contribution < 1.29 is 33.4 Å². The van der Waals surface area contributed by atoms with Gasteiger partial charge in [-0.3, -0.25) is 14.4 Å². The Kier molecular flexibility index (Phi) is 4.98. The van der Waals surface area contributed by atoms with E-state index >= 15 is 0 Å². The summed E-state index contributed by atoms with van der Waals surface area (Å²) in [7, 11) is 0. The number of ether oxygens (including phenoxy) is 3. The van der Waals surface area contributed by atoms with E-state index in [0.717, 1.165) is 4.90 Å². The number of hydrogen-bond donors (Lipinski definition) is 1. The molecule has 3 amide bonds. The van der Waals surface area contributed by atoms with Crippen molar-refractivity contribution in [1.82, 2.24) is 0 Å². The summed E-state index contributed by atoms with van der Waals surface area (Å²) in [6, 6.07) is 17.3. The van der Waals surface area contributed by atoms with Gasteiger partial charge in [0.05, 0.1) is 22.4 Å². The molecule has 0 aliphatic carbocycles. The van der Waals surface area contributed by atoms with Crippen molar-refractivity contribution in [3.63, 3.8) is 0 Å². The lowest BCUT2D eigenvalue weighted by Gasteiger charge is -2.14. The number of carbonyl (C=O) groups excluding carboxylic acids is 4. The Hall–Kier alpha value is -4.66. The van der Waals surface area contributed by atoms with Gasteiger partial charge in [0.1, 0.15) is 0 Å². The summed E-state index contributed by atoms with van der Waals surface area (Å²) in [5.41, 5.74) is 1.65. The second-order valence-corrected chi connectivity index (χ2v) is 7.23. The fraction of sp³-hybridized carbons (Fsp3) is 0.0833. The zero-order chi connectivity index (χ0) is 22.9. The maximum atomic E-state index is 12.6. The maximum absolute atomic E-state index is 12.6. The van der Waals surface area contributed by atoms with Gasteiger partial charge in [0.25, 0.3) is 17.7 Å². The highest BCUT2D eigenvalue weighted by atomic mass is 16.7. The van der Waals surface area contributed by atoms with Crippen LogP contribution in [0.15, 0.2) is 66.7 Å². The molecule has 0 unspecified atom stereocenters. The Labute approximate surface area is 187 Å². The number of benzene rings is 3. The van der Waals surface area contributed by atoms with Crippen molar-refractivity contribution in [3.8, 4) is 11.5 Å². The summed E-state index contributed by atoms with van der Waals surface area (Å²) in [6.07, 6.45) is 0. The number of hydrogen-bond acceptors (Lipinski definition) is 7. The van der Waals surface area contributed by atoms with Gasteiger partial charge in [-0.2, -0.15) is 0 Å². The average molecular weight is 444 g/mol. The molecule has 0 saturated carbocycles. The number of fused-ring (bicyclic) bond motifs is 2. The van der Waals surface area contributed by atoms with E-state index in [4.69, 9.17) is 14.2 Å². The van der Waals surface area contributed by atoms with Crippen LogP contribution in [-0.2, 0) is 9.53 Å². The molecular weight excluding hydrogens is 428 g/mol. The number of imide groups is 1. The zero-order valence-corrected chi connectivity index (χ0v) is 17.1. The largest absolute Gasteiger partial charge is 0.454 e. The summed E-state index contributed by atoms with van der Waals surface area (Å²) in [5.74, 6) is -0.987. The Morgan fingerprint density at radius 1 is 0.879 bits per heavy atom. The van der Waals surface area contributed by atoms with Gasteiger partial charge >= 0.3 is 5.97 Å². The standard InChI is InChI=1S/C24H16N2O7/c27-21(25-15-7-10-19-20(11-15)33-13-32-19)12-31-24(30)14-5-8-16(9-6-14)26-22(28)17-3-1-2-4-18(17)23(26)29/h1-11H,12-13H2,(H,25,27). The minimum Gasteiger partial charge on any atom is -0.454 e. The third-order valence-corrected chi connectivity index (χ3v) is 5.15. The van der Waals surface area contributed by atoms with Crippen molar-refractivity contribution in [2.75, 3.05) is 23.6 Å². The molecule has 5 rings (SSSR count). The first-order valence-corrected chi connectivity index (χ1v) is 9.96. The van der Waals surface area contributed by atoms with Gasteiger partial charge in [-0.25, -0.2) is 9.69 Å². The summed E-state index contributed by atoms with van der Waals surface area (Å²) >= 11 is 0. The zero-order valence-electron chi connectivity index (χ0n) is 17.1. The van der Waals surface area contributed by atoms with E-state index in [1.54, 1.807) is 42.5 Å². The Morgan fingerprint density at radius 2 is 1.55 bits per heavy atom. The molecule has 9 heteroatoms. The van der Waals surface area contributed by atoms with Crippen LogP contribution in [0.4, 0.5) is 11.4 Å². The van der Waals surface area contributed by atoms with Crippen molar-refractivity contribution in [3.05, 3.63) is 83.4 Å². The lowest BCUT2D eigenvalue weighted by molar-refractivity contribution is -0.119. The van der Waals surface area contributed by atoms with Gasteiger partial charge in [0.2, 0.25) is 6.79 Å². The van der Waals surface area contributed by atoms with E-state index in [1.807, 2.05) is 0 Å². The van der Waals surface area contributed by atoms with Gasteiger partial charge in [0, 0.05) is 11.8 Å². The summed E-state index contributed by atoms with van der Waals surface area (Å²) in [5, 5.41) is 2.61. The Bertz CT molecular complexity index is 1270. The predicted octanol–water partition coefficient (Wildman–Crippen LogP) is 3.01. The first-order valence-electron chi connectivity index (χ1n) is 9.96. The van der Waals surface area contributed by atoms with E-state index in [2.05, 4.69) is 5.32 Å². The fourth-order valence-electron chi connectivity index (χ4n) is 3.56. The molecule has 0 aromatic heterocycles. The second kappa shape index (κ2) is 8.12. The maximum Gasteiger partial charge on any atom is 0.338 e. The van der Waals surface area contributed by atoms with Gasteiger partial charge in [-0.1, -0.05) is 12.1 Å². The smallest absolute Gasteiger partial charge is 0.338 e. The lowest BCUT2D eigenvalue weighted by Crippen LogP contribution is -2.29. The third-order valence-electron chi connectivity index (χ3n) is 5.15. The molecule has 0 fully saturated rings. The van der Waals surface area contributed by atoms with Gasteiger partial charge in [-0.05, 0) is 48.5 Å². The van der Waals surface area contributed by atoms with E-state index in [1.165, 1.54) is 24.3 Å². The highest BCUT2D eigenvalue weighted by molar-refractivity contribution is 6.34. The third kappa shape index (κ3) is 3.76. The molecule has 0 radical (unpaired) electrons. The van der Waals surface area contributed by atoms with Crippen LogP contribution in [0.5, 0.6) is 11.5 Å². The monoisotopic (exact) mass is 444 g/mol. The van der Waals surface area contributed by atoms with Gasteiger partial charge in [-0.15, -0.1) is 0 Å². The molecule has 1 N–H and O–H groups in total. The van der Waals surface area contributed by atoms with Crippen molar-refractivity contribution in [1.29, 1.82) is 0 Å². The number of esters is 1. The van der Waals surface area contributed by atoms with Crippen LogP contribution in [-0.4, -0.2) is 37.1 Å². The Morgan fingerprint density at radius 3 is 2.24 bits per heavy atom. The van der Waals surface area contributed by atoms with Crippen molar-refractivity contribution in [2.24, 2.45) is 0 Å². The highest BCUT2D eigenvalue weighted by Crippen LogP contribution is 2.34. The van der Waals surface area contributed by atoms with E-state index in [-0.39, 0.29) is 12.4 Å². The predicted molar refractivity (Wildman–Crippen MR) is 116 cm³/mol.